The Labute approximate surface area is 106 Å². The number of hydrogen-bond donors (Lipinski definition) is 0. The molecule has 0 fully saturated rings. The molecule has 2 nitrogen and oxygen atoms in total. The lowest BCUT2D eigenvalue weighted by molar-refractivity contribution is 0.305. The van der Waals surface area contributed by atoms with Crippen LogP contribution < -0.4 is 4.74 Å². The van der Waals surface area contributed by atoms with Gasteiger partial charge in [0.05, 0.1) is 17.1 Å². The quantitative estimate of drug-likeness (QED) is 0.754. The molecule has 0 aliphatic carbocycles. The molecule has 0 radical (unpaired) electrons. The third-order valence-electron chi connectivity index (χ3n) is 1.83. The molecule has 0 saturated heterocycles. The summed E-state index contributed by atoms with van der Waals surface area (Å²) in [4.78, 5) is 0. The van der Waals surface area contributed by atoms with Gasteiger partial charge < -0.3 is 4.74 Å². The Hall–Kier alpha value is -0.530. The molecule has 0 bridgehead atoms. The van der Waals surface area contributed by atoms with Gasteiger partial charge in [-0.2, -0.15) is 5.26 Å². The molecule has 0 spiro atoms. The number of nitriles is 1. The molecule has 1 aromatic rings. The fourth-order valence-corrected chi connectivity index (χ4v) is 2.24. The van der Waals surface area contributed by atoms with Gasteiger partial charge in [-0.15, -0.1) is 0 Å². The molecule has 0 unspecified atom stereocenters. The Morgan fingerprint density at radius 1 is 1.27 bits per heavy atom. The molecule has 0 N–H and O–H groups in total. The maximum absolute atomic E-state index is 8.35. The van der Waals surface area contributed by atoms with Gasteiger partial charge in [-0.05, 0) is 47.0 Å². The zero-order chi connectivity index (χ0) is 11.1. The molecule has 0 amide bonds. The normalized spacial score (nSPS) is 9.67. The van der Waals surface area contributed by atoms with Gasteiger partial charge in [0.15, 0.2) is 0 Å². The first kappa shape index (κ1) is 12.5. The molecule has 0 heterocycles. The lowest BCUT2D eigenvalue weighted by atomic mass is 10.2. The number of benzene rings is 1. The van der Waals surface area contributed by atoms with Crippen LogP contribution in [0.15, 0.2) is 27.1 Å². The number of unbranched alkanes of at least 4 members (excludes halogenated alkanes) is 2. The summed E-state index contributed by atoms with van der Waals surface area (Å²) >= 11 is 6.80. The van der Waals surface area contributed by atoms with Crippen LogP contribution in [0, 0.1) is 11.3 Å². The van der Waals surface area contributed by atoms with E-state index in [-0.39, 0.29) is 0 Å². The first-order valence-corrected chi connectivity index (χ1v) is 6.27. The topological polar surface area (TPSA) is 33.0 Å². The third-order valence-corrected chi connectivity index (χ3v) is 2.95. The van der Waals surface area contributed by atoms with Crippen molar-refractivity contribution >= 4 is 31.9 Å². The van der Waals surface area contributed by atoms with E-state index in [0.29, 0.717) is 13.0 Å². The minimum atomic E-state index is 0.602. The predicted octanol–water partition coefficient (Wildman–Crippen LogP) is 4.28. The Kier molecular flexibility index (Phi) is 5.74. The number of rotatable bonds is 5. The Bertz CT molecular complexity index is 360. The highest BCUT2D eigenvalue weighted by Gasteiger charge is 2.00. The average Bonchev–Trinajstić information content (AvgIpc) is 2.20. The maximum atomic E-state index is 8.35. The smallest absolute Gasteiger partial charge is 0.133 e. The maximum Gasteiger partial charge on any atom is 0.133 e. The summed E-state index contributed by atoms with van der Waals surface area (Å²) in [7, 11) is 0. The lowest BCUT2D eigenvalue weighted by Gasteiger charge is -2.07. The van der Waals surface area contributed by atoms with Gasteiger partial charge >= 0.3 is 0 Å². The molecule has 1 rings (SSSR count). The lowest BCUT2D eigenvalue weighted by Crippen LogP contribution is -1.97. The van der Waals surface area contributed by atoms with E-state index in [2.05, 4.69) is 37.9 Å². The minimum absolute atomic E-state index is 0.602. The van der Waals surface area contributed by atoms with E-state index in [1.807, 2.05) is 18.2 Å². The SMILES string of the molecule is N#CCCCCOc1ccc(Br)cc1Br. The van der Waals surface area contributed by atoms with Crippen molar-refractivity contribution in [3.63, 3.8) is 0 Å². The van der Waals surface area contributed by atoms with Gasteiger partial charge in [0, 0.05) is 10.9 Å². The van der Waals surface area contributed by atoms with E-state index in [1.54, 1.807) is 0 Å². The van der Waals surface area contributed by atoms with Crippen molar-refractivity contribution in [1.29, 1.82) is 5.26 Å². The molecular weight excluding hydrogens is 322 g/mol. The summed E-state index contributed by atoms with van der Waals surface area (Å²) in [6, 6.07) is 7.92. The first-order chi connectivity index (χ1) is 7.24. The summed E-state index contributed by atoms with van der Waals surface area (Å²) in [6.07, 6.45) is 2.41. The standard InChI is InChI=1S/C11H11Br2NO/c12-9-4-5-11(10(13)8-9)15-7-3-1-2-6-14/h4-5,8H,1-3,7H2. The van der Waals surface area contributed by atoms with Gasteiger partial charge in [-0.25, -0.2) is 0 Å². The largest absolute Gasteiger partial charge is 0.492 e. The Morgan fingerprint density at radius 3 is 2.73 bits per heavy atom. The number of nitrogens with zero attached hydrogens (tertiary/aromatic N) is 1. The monoisotopic (exact) mass is 331 g/mol. The van der Waals surface area contributed by atoms with E-state index in [4.69, 9.17) is 10.00 Å². The molecule has 0 saturated carbocycles. The Morgan fingerprint density at radius 2 is 2.07 bits per heavy atom. The van der Waals surface area contributed by atoms with Gasteiger partial charge in [0.2, 0.25) is 0 Å². The fourth-order valence-electron chi connectivity index (χ4n) is 1.08. The highest BCUT2D eigenvalue weighted by Crippen LogP contribution is 2.28. The minimum Gasteiger partial charge on any atom is -0.492 e. The van der Waals surface area contributed by atoms with E-state index >= 15 is 0 Å². The third kappa shape index (κ3) is 4.67. The summed E-state index contributed by atoms with van der Waals surface area (Å²) in [5, 5.41) is 8.35. The number of hydrogen-bond acceptors (Lipinski definition) is 2. The summed E-state index contributed by atoms with van der Waals surface area (Å²) < 4.78 is 7.52. The number of ether oxygens (including phenoxy) is 1. The van der Waals surface area contributed by atoms with Crippen molar-refractivity contribution in [1.82, 2.24) is 0 Å². The van der Waals surface area contributed by atoms with Gasteiger partial charge in [0.25, 0.3) is 0 Å². The molecule has 0 aromatic heterocycles. The first-order valence-electron chi connectivity index (χ1n) is 4.69. The van der Waals surface area contributed by atoms with Crippen LogP contribution in [0.4, 0.5) is 0 Å². The summed E-state index contributed by atoms with van der Waals surface area (Å²) in [6.45, 7) is 0.655. The molecule has 0 aliphatic rings. The van der Waals surface area contributed by atoms with Crippen molar-refractivity contribution in [2.24, 2.45) is 0 Å². The highest BCUT2D eigenvalue weighted by molar-refractivity contribution is 9.11. The molecular formula is C11H11Br2NO. The molecule has 15 heavy (non-hydrogen) atoms. The molecule has 4 heteroatoms. The second kappa shape index (κ2) is 6.86. The van der Waals surface area contributed by atoms with Gasteiger partial charge in [-0.3, -0.25) is 0 Å². The second-order valence-electron chi connectivity index (χ2n) is 3.04. The molecule has 0 atom stereocenters. The van der Waals surface area contributed by atoms with Gasteiger partial charge in [0.1, 0.15) is 5.75 Å². The van der Waals surface area contributed by atoms with Crippen LogP contribution in [-0.2, 0) is 0 Å². The van der Waals surface area contributed by atoms with Crippen LogP contribution in [0.25, 0.3) is 0 Å². The molecule has 0 aliphatic heterocycles. The number of halogens is 2. The van der Waals surface area contributed by atoms with Crippen LogP contribution in [-0.4, -0.2) is 6.61 Å². The van der Waals surface area contributed by atoms with Crippen molar-refractivity contribution in [2.75, 3.05) is 6.61 Å². The van der Waals surface area contributed by atoms with Crippen LogP contribution in [0.2, 0.25) is 0 Å². The zero-order valence-electron chi connectivity index (χ0n) is 8.17. The average molecular weight is 333 g/mol. The van der Waals surface area contributed by atoms with E-state index in [0.717, 1.165) is 27.5 Å². The van der Waals surface area contributed by atoms with Crippen molar-refractivity contribution in [2.45, 2.75) is 19.3 Å². The summed E-state index contributed by atoms with van der Waals surface area (Å²) in [5.41, 5.74) is 0. The van der Waals surface area contributed by atoms with Gasteiger partial charge in [-0.1, -0.05) is 15.9 Å². The summed E-state index contributed by atoms with van der Waals surface area (Å²) in [5.74, 6) is 0.843. The second-order valence-corrected chi connectivity index (χ2v) is 4.81. The predicted molar refractivity (Wildman–Crippen MR) is 66.8 cm³/mol. The van der Waals surface area contributed by atoms with E-state index < -0.39 is 0 Å². The highest BCUT2D eigenvalue weighted by atomic mass is 79.9. The molecule has 80 valence electrons. The zero-order valence-corrected chi connectivity index (χ0v) is 11.3. The van der Waals surface area contributed by atoms with E-state index in [1.165, 1.54) is 0 Å². The molecule has 1 aromatic carbocycles. The van der Waals surface area contributed by atoms with Crippen molar-refractivity contribution < 1.29 is 4.74 Å². The fraction of sp³-hybridized carbons (Fsp3) is 0.364. The van der Waals surface area contributed by atoms with Crippen LogP contribution in [0.1, 0.15) is 19.3 Å². The van der Waals surface area contributed by atoms with E-state index in [9.17, 15) is 0 Å². The van der Waals surface area contributed by atoms with Crippen LogP contribution in [0.3, 0.4) is 0 Å². The van der Waals surface area contributed by atoms with Crippen molar-refractivity contribution in [3.8, 4) is 11.8 Å². The van der Waals surface area contributed by atoms with Crippen molar-refractivity contribution in [3.05, 3.63) is 27.1 Å². The Balaban J connectivity index is 2.35. The van der Waals surface area contributed by atoms with Crippen LogP contribution >= 0.6 is 31.9 Å². The van der Waals surface area contributed by atoms with Crippen LogP contribution in [0.5, 0.6) is 5.75 Å².